The number of pyridine rings is 1. The van der Waals surface area contributed by atoms with E-state index in [-0.39, 0.29) is 12.0 Å². The molecular weight excluding hydrogens is 484 g/mol. The van der Waals surface area contributed by atoms with Gasteiger partial charge < -0.3 is 18.8 Å². The molecule has 3 heterocycles. The molecule has 1 unspecified atom stereocenters. The van der Waals surface area contributed by atoms with Crippen LogP contribution in [0.4, 0.5) is 0 Å². The lowest BCUT2D eigenvalue weighted by Gasteiger charge is -2.16. The molecule has 202 valence electrons. The number of carbonyl (C=O) groups is 1. The highest BCUT2D eigenvalue weighted by atomic mass is 16.5. The summed E-state index contributed by atoms with van der Waals surface area (Å²) in [6.07, 6.45) is 4.43. The quantitative estimate of drug-likeness (QED) is 0.148. The van der Waals surface area contributed by atoms with E-state index in [1.807, 2.05) is 32.3 Å². The summed E-state index contributed by atoms with van der Waals surface area (Å²) >= 11 is 0. The van der Waals surface area contributed by atoms with Crippen LogP contribution in [0.1, 0.15) is 56.3 Å². The van der Waals surface area contributed by atoms with Crippen molar-refractivity contribution in [1.29, 1.82) is 0 Å². The standard InChI is InChI=1S/C34H38N2O3/c1-4-33(38-21-10-6-9-16-34(37)35(2)3)30-23-32-29(22-27-14-11-15-31(30)36(27)32)26-17-19-28(20-18-26)39-24-25-12-7-5-8-13-25/h5,7-8,11-15,17-20,22-23,33H,4,6,9-10,16,21,24H2,1-3H3. The molecule has 2 aromatic carbocycles. The van der Waals surface area contributed by atoms with Crippen LogP contribution in [0.25, 0.3) is 27.7 Å². The topological polar surface area (TPSA) is 43.2 Å². The fourth-order valence-electron chi connectivity index (χ4n) is 5.23. The third-order valence-electron chi connectivity index (χ3n) is 7.40. The van der Waals surface area contributed by atoms with Gasteiger partial charge in [-0.1, -0.05) is 61.9 Å². The van der Waals surface area contributed by atoms with Gasteiger partial charge in [0.25, 0.3) is 0 Å². The van der Waals surface area contributed by atoms with Crippen LogP contribution in [-0.4, -0.2) is 35.9 Å². The molecule has 0 aliphatic carbocycles. The van der Waals surface area contributed by atoms with Gasteiger partial charge in [-0.25, -0.2) is 0 Å². The van der Waals surface area contributed by atoms with Gasteiger partial charge in [0.15, 0.2) is 0 Å². The molecule has 0 bridgehead atoms. The van der Waals surface area contributed by atoms with Crippen molar-refractivity contribution in [2.24, 2.45) is 0 Å². The Morgan fingerprint density at radius 3 is 2.41 bits per heavy atom. The van der Waals surface area contributed by atoms with Crippen molar-refractivity contribution in [2.45, 2.75) is 51.7 Å². The first-order valence-electron chi connectivity index (χ1n) is 14.0. The van der Waals surface area contributed by atoms with Crippen molar-refractivity contribution in [3.63, 3.8) is 0 Å². The van der Waals surface area contributed by atoms with Crippen LogP contribution in [0.3, 0.4) is 0 Å². The fourth-order valence-corrected chi connectivity index (χ4v) is 5.23. The lowest BCUT2D eigenvalue weighted by Crippen LogP contribution is -2.21. The molecule has 0 aliphatic heterocycles. The van der Waals surface area contributed by atoms with Crippen LogP contribution in [-0.2, 0) is 16.1 Å². The second-order valence-electron chi connectivity index (χ2n) is 10.4. The summed E-state index contributed by atoms with van der Waals surface area (Å²) in [5.41, 5.74) is 8.39. The Morgan fingerprint density at radius 1 is 0.872 bits per heavy atom. The Labute approximate surface area is 231 Å². The Kier molecular flexibility index (Phi) is 8.48. The van der Waals surface area contributed by atoms with Crippen molar-refractivity contribution in [2.75, 3.05) is 20.7 Å². The second-order valence-corrected chi connectivity index (χ2v) is 10.4. The normalized spacial score (nSPS) is 12.3. The van der Waals surface area contributed by atoms with Crippen LogP contribution in [0.2, 0.25) is 0 Å². The van der Waals surface area contributed by atoms with Gasteiger partial charge in [-0.2, -0.15) is 0 Å². The Hall–Kier alpha value is -3.83. The largest absolute Gasteiger partial charge is 0.489 e. The number of amides is 1. The van der Waals surface area contributed by atoms with E-state index in [0.717, 1.165) is 37.0 Å². The maximum atomic E-state index is 11.8. The predicted octanol–water partition coefficient (Wildman–Crippen LogP) is 7.89. The summed E-state index contributed by atoms with van der Waals surface area (Å²) in [7, 11) is 3.62. The molecule has 0 aliphatic rings. The van der Waals surface area contributed by atoms with E-state index < -0.39 is 0 Å². The number of unbranched alkanes of at least 4 members (excludes halogenated alkanes) is 2. The first kappa shape index (κ1) is 26.8. The number of benzene rings is 2. The molecule has 0 N–H and O–H groups in total. The molecule has 5 aromatic rings. The zero-order chi connectivity index (χ0) is 27.2. The number of ether oxygens (including phenoxy) is 2. The van der Waals surface area contributed by atoms with Crippen molar-refractivity contribution >= 4 is 22.5 Å². The van der Waals surface area contributed by atoms with Crippen molar-refractivity contribution in [1.82, 2.24) is 9.30 Å². The lowest BCUT2D eigenvalue weighted by atomic mass is 10.0. The summed E-state index contributed by atoms with van der Waals surface area (Å²) in [6.45, 7) is 3.45. The summed E-state index contributed by atoms with van der Waals surface area (Å²) in [5.74, 6) is 1.06. The first-order valence-corrected chi connectivity index (χ1v) is 14.0. The zero-order valence-electron chi connectivity index (χ0n) is 23.2. The number of carbonyl (C=O) groups excluding carboxylic acids is 1. The van der Waals surface area contributed by atoms with Crippen molar-refractivity contribution in [3.05, 3.63) is 96.1 Å². The molecule has 0 radical (unpaired) electrons. The van der Waals surface area contributed by atoms with Crippen LogP contribution in [0.15, 0.2) is 84.9 Å². The van der Waals surface area contributed by atoms with E-state index in [4.69, 9.17) is 9.47 Å². The maximum absolute atomic E-state index is 11.8. The minimum Gasteiger partial charge on any atom is -0.489 e. The van der Waals surface area contributed by atoms with Gasteiger partial charge in [0, 0.05) is 43.8 Å². The molecule has 3 aromatic heterocycles. The van der Waals surface area contributed by atoms with E-state index in [1.165, 1.54) is 33.2 Å². The lowest BCUT2D eigenvalue weighted by molar-refractivity contribution is -0.128. The molecule has 1 atom stereocenters. The third kappa shape index (κ3) is 6.10. The SMILES string of the molecule is CCC(OCCCCCC(=O)N(C)C)c1cc2c(-c3ccc(OCc4ccccc4)cc3)cc3cccc1n32. The molecule has 1 amide bonds. The Morgan fingerprint density at radius 2 is 1.67 bits per heavy atom. The van der Waals surface area contributed by atoms with Gasteiger partial charge in [0.1, 0.15) is 12.4 Å². The molecule has 0 fully saturated rings. The van der Waals surface area contributed by atoms with Crippen molar-refractivity contribution < 1.29 is 14.3 Å². The number of hydrogen-bond acceptors (Lipinski definition) is 3. The molecule has 0 saturated heterocycles. The van der Waals surface area contributed by atoms with Gasteiger partial charge in [-0.15, -0.1) is 0 Å². The monoisotopic (exact) mass is 522 g/mol. The van der Waals surface area contributed by atoms with Gasteiger partial charge >= 0.3 is 0 Å². The Bertz CT molecular complexity index is 1490. The van der Waals surface area contributed by atoms with Gasteiger partial charge in [-0.05, 0) is 66.8 Å². The summed E-state index contributed by atoms with van der Waals surface area (Å²) < 4.78 is 14.7. The highest BCUT2D eigenvalue weighted by Crippen LogP contribution is 2.38. The predicted molar refractivity (Wildman–Crippen MR) is 158 cm³/mol. The van der Waals surface area contributed by atoms with Gasteiger partial charge in [0.2, 0.25) is 5.91 Å². The highest BCUT2D eigenvalue weighted by Gasteiger charge is 2.20. The average molecular weight is 523 g/mol. The molecule has 5 nitrogen and oxygen atoms in total. The van der Waals surface area contributed by atoms with Crippen LogP contribution < -0.4 is 4.74 Å². The molecule has 39 heavy (non-hydrogen) atoms. The molecule has 5 rings (SSSR count). The van der Waals surface area contributed by atoms with Crippen LogP contribution >= 0.6 is 0 Å². The van der Waals surface area contributed by atoms with E-state index in [9.17, 15) is 4.79 Å². The first-order chi connectivity index (χ1) is 19.0. The average Bonchev–Trinajstić information content (AvgIpc) is 3.53. The summed E-state index contributed by atoms with van der Waals surface area (Å²) in [6, 6.07) is 29.7. The number of rotatable bonds is 13. The molecule has 0 spiro atoms. The van der Waals surface area contributed by atoms with Crippen molar-refractivity contribution in [3.8, 4) is 16.9 Å². The summed E-state index contributed by atoms with van der Waals surface area (Å²) in [4.78, 5) is 13.4. The minimum absolute atomic E-state index is 0.0421. The Balaban J connectivity index is 1.28. The van der Waals surface area contributed by atoms with Gasteiger partial charge in [0.05, 0.1) is 17.1 Å². The van der Waals surface area contributed by atoms with E-state index >= 15 is 0 Å². The second kappa shape index (κ2) is 12.4. The van der Waals surface area contributed by atoms with E-state index in [1.54, 1.807) is 4.90 Å². The summed E-state index contributed by atoms with van der Waals surface area (Å²) in [5, 5.41) is 0. The highest BCUT2D eigenvalue weighted by molar-refractivity contribution is 5.92. The number of hydrogen-bond donors (Lipinski definition) is 0. The minimum atomic E-state index is 0.0421. The molecule has 0 saturated carbocycles. The third-order valence-corrected chi connectivity index (χ3v) is 7.40. The molecule has 5 heteroatoms. The van der Waals surface area contributed by atoms with Gasteiger partial charge in [-0.3, -0.25) is 4.79 Å². The van der Waals surface area contributed by atoms with Crippen LogP contribution in [0.5, 0.6) is 5.75 Å². The molecular formula is C34H38N2O3. The maximum Gasteiger partial charge on any atom is 0.222 e. The van der Waals surface area contributed by atoms with E-state index in [0.29, 0.717) is 19.6 Å². The number of aromatic nitrogens is 1. The van der Waals surface area contributed by atoms with Crippen LogP contribution in [0, 0.1) is 0 Å². The fraction of sp³-hybridized carbons (Fsp3) is 0.324. The smallest absolute Gasteiger partial charge is 0.222 e. The zero-order valence-corrected chi connectivity index (χ0v) is 23.2. The van der Waals surface area contributed by atoms with E-state index in [2.05, 4.69) is 78.1 Å². The number of nitrogens with zero attached hydrogens (tertiary/aromatic N) is 2.